The Bertz CT molecular complexity index is 330. The van der Waals surface area contributed by atoms with Gasteiger partial charge >= 0.3 is 0 Å². The third-order valence-corrected chi connectivity index (χ3v) is 2.39. The number of hydrogen-bond acceptors (Lipinski definition) is 2. The molecule has 1 aromatic heterocycles. The summed E-state index contributed by atoms with van der Waals surface area (Å²) in [5.41, 5.74) is 2.19. The lowest BCUT2D eigenvalue weighted by atomic mass is 10.0. The molecule has 0 spiro atoms. The van der Waals surface area contributed by atoms with Crippen LogP contribution in [0.25, 0.3) is 0 Å². The first kappa shape index (κ1) is 11.6. The van der Waals surface area contributed by atoms with Crippen molar-refractivity contribution in [2.75, 3.05) is 0 Å². The van der Waals surface area contributed by atoms with Crippen LogP contribution in [0, 0.1) is 0 Å². The van der Waals surface area contributed by atoms with Gasteiger partial charge in [0.1, 0.15) is 5.78 Å². The number of rotatable bonds is 6. The first-order valence-corrected chi connectivity index (χ1v) is 5.29. The van der Waals surface area contributed by atoms with Crippen molar-refractivity contribution < 1.29 is 4.79 Å². The van der Waals surface area contributed by atoms with E-state index in [4.69, 9.17) is 0 Å². The van der Waals surface area contributed by atoms with Crippen molar-refractivity contribution in [3.8, 4) is 0 Å². The van der Waals surface area contributed by atoms with E-state index in [0.717, 1.165) is 18.4 Å². The number of nitrogens with zero attached hydrogens (tertiary/aromatic N) is 1. The Balaban J connectivity index is 2.32. The molecule has 0 saturated heterocycles. The first-order valence-electron chi connectivity index (χ1n) is 5.29. The molecule has 1 heterocycles. The van der Waals surface area contributed by atoms with E-state index < -0.39 is 0 Å². The molecule has 1 aromatic rings. The van der Waals surface area contributed by atoms with Crippen LogP contribution in [0.2, 0.25) is 0 Å². The lowest BCUT2D eigenvalue weighted by Crippen LogP contribution is -2.01. The van der Waals surface area contributed by atoms with Gasteiger partial charge in [0.25, 0.3) is 0 Å². The number of pyridine rings is 1. The molecule has 0 radical (unpaired) electrons. The topological polar surface area (TPSA) is 30.0 Å². The maximum absolute atomic E-state index is 11.5. The normalized spacial score (nSPS) is 9.93. The van der Waals surface area contributed by atoms with Crippen LogP contribution in [0.4, 0.5) is 0 Å². The van der Waals surface area contributed by atoms with Crippen LogP contribution in [0.1, 0.15) is 31.7 Å². The molecule has 0 fully saturated rings. The van der Waals surface area contributed by atoms with Gasteiger partial charge in [0.05, 0.1) is 0 Å². The zero-order valence-corrected chi connectivity index (χ0v) is 9.20. The number of aryl methyl sites for hydroxylation is 1. The lowest BCUT2D eigenvalue weighted by molar-refractivity contribution is -0.118. The zero-order chi connectivity index (χ0) is 11.1. The molecule has 15 heavy (non-hydrogen) atoms. The average molecular weight is 203 g/mol. The van der Waals surface area contributed by atoms with Gasteiger partial charge in [0.15, 0.2) is 0 Å². The smallest absolute Gasteiger partial charge is 0.137 e. The zero-order valence-electron chi connectivity index (χ0n) is 9.20. The Hall–Kier alpha value is -1.44. The number of hydrogen-bond donors (Lipinski definition) is 0. The van der Waals surface area contributed by atoms with E-state index in [2.05, 4.69) is 11.6 Å². The van der Waals surface area contributed by atoms with E-state index in [-0.39, 0.29) is 5.78 Å². The summed E-state index contributed by atoms with van der Waals surface area (Å²) in [7, 11) is 0. The molecule has 0 aromatic carbocycles. The summed E-state index contributed by atoms with van der Waals surface area (Å²) >= 11 is 0. The maximum atomic E-state index is 11.5. The average Bonchev–Trinajstić information content (AvgIpc) is 2.27. The fourth-order valence-corrected chi connectivity index (χ4v) is 1.33. The van der Waals surface area contributed by atoms with Gasteiger partial charge < -0.3 is 0 Å². The Morgan fingerprint density at radius 1 is 1.40 bits per heavy atom. The highest BCUT2D eigenvalue weighted by molar-refractivity contribution is 5.80. The Labute approximate surface area is 91.0 Å². The summed E-state index contributed by atoms with van der Waals surface area (Å²) in [4.78, 5) is 15.4. The van der Waals surface area contributed by atoms with Crippen molar-refractivity contribution in [1.29, 1.82) is 0 Å². The number of allylic oxidation sites excluding steroid dienone is 1. The van der Waals surface area contributed by atoms with Gasteiger partial charge in [-0.1, -0.05) is 19.1 Å². The molecular formula is C13H17NO. The monoisotopic (exact) mass is 203 g/mol. The highest BCUT2D eigenvalue weighted by atomic mass is 16.1. The predicted molar refractivity (Wildman–Crippen MR) is 61.6 cm³/mol. The maximum Gasteiger partial charge on any atom is 0.137 e. The Morgan fingerprint density at radius 2 is 2.07 bits per heavy atom. The van der Waals surface area contributed by atoms with E-state index in [0.29, 0.717) is 12.8 Å². The van der Waals surface area contributed by atoms with E-state index >= 15 is 0 Å². The van der Waals surface area contributed by atoms with E-state index in [1.807, 2.05) is 19.1 Å². The second-order valence-corrected chi connectivity index (χ2v) is 3.67. The number of aromatic nitrogens is 1. The molecule has 0 amide bonds. The highest BCUT2D eigenvalue weighted by Crippen LogP contribution is 2.08. The molecule has 0 N–H and O–H groups in total. The molecule has 2 heteroatoms. The number of carbonyl (C=O) groups is 1. The number of carbonyl (C=O) groups excluding carboxylic acids is 1. The van der Waals surface area contributed by atoms with Crippen molar-refractivity contribution in [1.82, 2.24) is 4.98 Å². The summed E-state index contributed by atoms with van der Waals surface area (Å²) < 4.78 is 0. The largest absolute Gasteiger partial charge is 0.299 e. The predicted octanol–water partition coefficient (Wildman–Crippen LogP) is 2.94. The van der Waals surface area contributed by atoms with Gasteiger partial charge in [-0.05, 0) is 30.5 Å². The van der Waals surface area contributed by atoms with Crippen molar-refractivity contribution in [3.05, 3.63) is 42.2 Å². The van der Waals surface area contributed by atoms with Gasteiger partial charge in [-0.2, -0.15) is 0 Å². The van der Waals surface area contributed by atoms with Crippen molar-refractivity contribution in [3.63, 3.8) is 0 Å². The van der Waals surface area contributed by atoms with Crippen LogP contribution >= 0.6 is 0 Å². The number of ketones is 1. The molecule has 0 saturated carbocycles. The molecule has 0 aliphatic carbocycles. The van der Waals surface area contributed by atoms with E-state index in [1.54, 1.807) is 12.4 Å². The summed E-state index contributed by atoms with van der Waals surface area (Å²) in [6.45, 7) is 5.86. The van der Waals surface area contributed by atoms with Gasteiger partial charge in [0.2, 0.25) is 0 Å². The molecule has 80 valence electrons. The van der Waals surface area contributed by atoms with E-state index in [1.165, 1.54) is 5.56 Å². The van der Waals surface area contributed by atoms with Crippen LogP contribution in [0.15, 0.2) is 36.7 Å². The van der Waals surface area contributed by atoms with Crippen molar-refractivity contribution >= 4 is 5.78 Å². The Kier molecular flexibility index (Phi) is 4.75. The summed E-state index contributed by atoms with van der Waals surface area (Å²) in [5, 5.41) is 0. The molecule has 0 unspecified atom stereocenters. The fraction of sp³-hybridized carbons (Fsp3) is 0.385. The summed E-state index contributed by atoms with van der Waals surface area (Å²) in [6, 6.07) is 3.89. The van der Waals surface area contributed by atoms with Crippen molar-refractivity contribution in [2.24, 2.45) is 0 Å². The summed E-state index contributed by atoms with van der Waals surface area (Å²) in [5.74, 6) is 0.277. The van der Waals surface area contributed by atoms with Crippen LogP contribution in [-0.4, -0.2) is 10.8 Å². The van der Waals surface area contributed by atoms with Gasteiger partial charge in [0, 0.05) is 25.2 Å². The minimum Gasteiger partial charge on any atom is -0.299 e. The standard InChI is InChI=1S/C13H17NO/c1-3-11(2)10-13(15)5-4-12-6-8-14-9-7-12/h6-9H,2-5,10H2,1H3. The first-order chi connectivity index (χ1) is 7.22. The second-order valence-electron chi connectivity index (χ2n) is 3.67. The van der Waals surface area contributed by atoms with Crippen LogP contribution < -0.4 is 0 Å². The molecule has 2 nitrogen and oxygen atoms in total. The summed E-state index contributed by atoms with van der Waals surface area (Å²) in [6.07, 6.45) is 6.33. The molecule has 0 atom stereocenters. The molecule has 0 bridgehead atoms. The van der Waals surface area contributed by atoms with Gasteiger partial charge in [-0.15, -0.1) is 0 Å². The van der Waals surface area contributed by atoms with Crippen LogP contribution in [-0.2, 0) is 11.2 Å². The molecule has 0 aliphatic rings. The lowest BCUT2D eigenvalue weighted by Gasteiger charge is -2.02. The third kappa shape index (κ3) is 4.54. The van der Waals surface area contributed by atoms with E-state index in [9.17, 15) is 4.79 Å². The highest BCUT2D eigenvalue weighted by Gasteiger charge is 2.03. The molecule has 0 aliphatic heterocycles. The van der Waals surface area contributed by atoms with Crippen LogP contribution in [0.5, 0.6) is 0 Å². The molecule has 1 rings (SSSR count). The van der Waals surface area contributed by atoms with Gasteiger partial charge in [-0.3, -0.25) is 9.78 Å². The minimum absolute atomic E-state index is 0.277. The van der Waals surface area contributed by atoms with Crippen LogP contribution in [0.3, 0.4) is 0 Å². The van der Waals surface area contributed by atoms with Gasteiger partial charge in [-0.25, -0.2) is 0 Å². The quantitative estimate of drug-likeness (QED) is 0.665. The Morgan fingerprint density at radius 3 is 2.67 bits per heavy atom. The minimum atomic E-state index is 0.277. The van der Waals surface area contributed by atoms with Crippen molar-refractivity contribution in [2.45, 2.75) is 32.6 Å². The fourth-order valence-electron chi connectivity index (χ4n) is 1.33. The number of Topliss-reactive ketones (excluding diaryl/α,β-unsaturated/α-hetero) is 1. The SMILES string of the molecule is C=C(CC)CC(=O)CCc1ccncc1. The second kappa shape index (κ2) is 6.12. The molecular weight excluding hydrogens is 186 g/mol. The third-order valence-electron chi connectivity index (χ3n) is 2.39.